The third-order valence-electron chi connectivity index (χ3n) is 10.7. The average molecular weight is 749 g/mol. The monoisotopic (exact) mass is 748 g/mol. The van der Waals surface area contributed by atoms with E-state index in [1.807, 2.05) is 91.0 Å². The Morgan fingerprint density at radius 1 is 0.534 bits per heavy atom. The molecule has 0 atom stereocenters. The highest BCUT2D eigenvalue weighted by Crippen LogP contribution is 2.38. The van der Waals surface area contributed by atoms with Gasteiger partial charge in [0.25, 0.3) is 0 Å². The van der Waals surface area contributed by atoms with E-state index in [4.69, 9.17) is 14.4 Å². The Kier molecular flexibility index (Phi) is 9.66. The Labute approximate surface area is 338 Å². The van der Waals surface area contributed by atoms with Gasteiger partial charge in [0, 0.05) is 33.0 Å². The topological polar surface area (TPSA) is 59.2 Å². The van der Waals surface area contributed by atoms with E-state index in [0.29, 0.717) is 5.82 Å². The molecule has 0 fully saturated rings. The van der Waals surface area contributed by atoms with Crippen LogP contribution in [0.5, 0.6) is 0 Å². The summed E-state index contributed by atoms with van der Waals surface area (Å²) >= 11 is 0. The van der Waals surface area contributed by atoms with Crippen LogP contribution < -0.4 is 0 Å². The molecule has 0 amide bonds. The maximum absolute atomic E-state index is 11.0. The van der Waals surface area contributed by atoms with Crippen LogP contribution in [0.2, 0.25) is 0 Å². The first kappa shape index (κ1) is 36.1. The van der Waals surface area contributed by atoms with Gasteiger partial charge in [0.05, 0.1) is 17.1 Å². The number of aliphatic hydroxyl groups excluding tert-OH is 1. The van der Waals surface area contributed by atoms with Crippen LogP contribution in [0.1, 0.15) is 23.6 Å². The maximum Gasteiger partial charge on any atom is 0.160 e. The maximum atomic E-state index is 11.0. The highest BCUT2D eigenvalue weighted by Gasteiger charge is 2.16. The van der Waals surface area contributed by atoms with Gasteiger partial charge in [-0.25, -0.2) is 9.97 Å². The Morgan fingerprint density at radius 2 is 1.12 bits per heavy atom. The molecular weight excluding hydrogens is 709 g/mol. The van der Waals surface area contributed by atoms with Crippen LogP contribution in [-0.2, 0) is 0 Å². The van der Waals surface area contributed by atoms with Crippen LogP contribution in [0.4, 0.5) is 0 Å². The molecule has 0 aliphatic rings. The van der Waals surface area contributed by atoms with Crippen molar-refractivity contribution in [2.75, 3.05) is 0 Å². The minimum atomic E-state index is 0.230. The molecule has 1 N–H and O–H groups in total. The first-order valence-electron chi connectivity index (χ1n) is 19.4. The van der Waals surface area contributed by atoms with Crippen molar-refractivity contribution in [3.05, 3.63) is 217 Å². The van der Waals surface area contributed by atoms with Crippen molar-refractivity contribution in [2.24, 2.45) is 0 Å². The summed E-state index contributed by atoms with van der Waals surface area (Å²) in [6.45, 7) is 8.05. The quantitative estimate of drug-likeness (QED) is 0.118. The number of aliphatic hydroxyl groups is 1. The van der Waals surface area contributed by atoms with Crippen molar-refractivity contribution in [3.8, 4) is 56.2 Å². The average Bonchev–Trinajstić information content (AvgIpc) is 3.65. The summed E-state index contributed by atoms with van der Waals surface area (Å²) in [6.07, 6.45) is 3.88. The summed E-state index contributed by atoms with van der Waals surface area (Å²) in [4.78, 5) is 10.4. The predicted molar refractivity (Wildman–Crippen MR) is 241 cm³/mol. The van der Waals surface area contributed by atoms with Crippen LogP contribution >= 0.6 is 0 Å². The molecule has 0 radical (unpaired) electrons. The molecule has 0 aliphatic heterocycles. The molecule has 7 aromatic carbocycles. The van der Waals surface area contributed by atoms with E-state index in [1.54, 1.807) is 6.92 Å². The molecule has 58 heavy (non-hydrogen) atoms. The van der Waals surface area contributed by atoms with Crippen molar-refractivity contribution in [2.45, 2.75) is 13.8 Å². The largest absolute Gasteiger partial charge is 0.512 e. The molecule has 0 aliphatic carbocycles. The third-order valence-corrected chi connectivity index (χ3v) is 10.7. The fourth-order valence-electron chi connectivity index (χ4n) is 7.61. The van der Waals surface area contributed by atoms with Crippen molar-refractivity contribution < 1.29 is 9.52 Å². The van der Waals surface area contributed by atoms with Gasteiger partial charge in [0.1, 0.15) is 11.2 Å². The lowest BCUT2D eigenvalue weighted by Gasteiger charge is -2.15. The number of rotatable bonds is 9. The number of benzene rings is 7. The number of allylic oxidation sites excluding steroid dienone is 5. The van der Waals surface area contributed by atoms with E-state index < -0.39 is 0 Å². The second kappa shape index (κ2) is 15.5. The lowest BCUT2D eigenvalue weighted by atomic mass is 9.91. The molecule has 0 saturated heterocycles. The molecular formula is C54H40N2O2. The Morgan fingerprint density at radius 3 is 1.84 bits per heavy atom. The number of nitrogens with zero attached hydrogens (tertiary/aromatic N) is 2. The number of para-hydroxylation sites is 1. The standard InChI is InChI=1S/C54H40N2O2/c1-4-37(32-48(36(3)57)46-20-12-11-15-35(46)2)43-29-44(42-27-28-53-49(33-42)47-21-13-14-22-52(47)58-53)31-45(30-43)51-34-50(55-54(56-51)41-18-9-6-10-19-41)40-25-23-39(24-26-40)38-16-7-5-8-17-38/h4-34,57H,1H2,2-3H3/b37-32+,48-36-. The van der Waals surface area contributed by atoms with E-state index in [-0.39, 0.29) is 5.76 Å². The highest BCUT2D eigenvalue weighted by atomic mass is 16.3. The van der Waals surface area contributed by atoms with Gasteiger partial charge in [-0.1, -0.05) is 146 Å². The highest BCUT2D eigenvalue weighted by molar-refractivity contribution is 6.06. The second-order valence-corrected chi connectivity index (χ2v) is 14.5. The zero-order valence-corrected chi connectivity index (χ0v) is 32.4. The van der Waals surface area contributed by atoms with E-state index in [0.717, 1.165) is 100 Å². The second-order valence-electron chi connectivity index (χ2n) is 14.5. The molecule has 9 rings (SSSR count). The summed E-state index contributed by atoms with van der Waals surface area (Å²) in [5, 5.41) is 13.2. The summed E-state index contributed by atoms with van der Waals surface area (Å²) in [5.41, 5.74) is 15.0. The lowest BCUT2D eigenvalue weighted by Crippen LogP contribution is -1.97. The number of fused-ring (bicyclic) bond motifs is 3. The summed E-state index contributed by atoms with van der Waals surface area (Å²) < 4.78 is 6.21. The normalized spacial score (nSPS) is 12.1. The fraction of sp³-hybridized carbons (Fsp3) is 0.0370. The molecule has 2 heterocycles. The van der Waals surface area contributed by atoms with Crippen molar-refractivity contribution in [1.29, 1.82) is 0 Å². The van der Waals surface area contributed by atoms with Crippen LogP contribution in [0.3, 0.4) is 0 Å². The summed E-state index contributed by atoms with van der Waals surface area (Å²) in [5.74, 6) is 0.868. The van der Waals surface area contributed by atoms with Gasteiger partial charge in [0.2, 0.25) is 0 Å². The molecule has 4 heteroatoms. The number of aryl methyl sites for hydroxylation is 1. The van der Waals surface area contributed by atoms with Crippen molar-refractivity contribution in [3.63, 3.8) is 0 Å². The number of hydrogen-bond acceptors (Lipinski definition) is 4. The van der Waals surface area contributed by atoms with Crippen molar-refractivity contribution in [1.82, 2.24) is 9.97 Å². The smallest absolute Gasteiger partial charge is 0.160 e. The molecule has 4 nitrogen and oxygen atoms in total. The van der Waals surface area contributed by atoms with Gasteiger partial charge in [0.15, 0.2) is 5.82 Å². The van der Waals surface area contributed by atoms with Gasteiger partial charge in [-0.15, -0.1) is 0 Å². The van der Waals surface area contributed by atoms with Crippen LogP contribution in [-0.4, -0.2) is 15.1 Å². The molecule has 0 saturated carbocycles. The Balaban J connectivity index is 1.25. The summed E-state index contributed by atoms with van der Waals surface area (Å²) in [7, 11) is 0. The number of aromatic nitrogens is 2. The first-order chi connectivity index (χ1) is 28.4. The minimum absolute atomic E-state index is 0.230. The van der Waals surface area contributed by atoms with Crippen LogP contribution in [0, 0.1) is 6.92 Å². The first-order valence-corrected chi connectivity index (χ1v) is 19.4. The third kappa shape index (κ3) is 7.15. The van der Waals surface area contributed by atoms with Gasteiger partial charge in [-0.3, -0.25) is 0 Å². The number of furan rings is 1. The molecule has 2 aromatic heterocycles. The van der Waals surface area contributed by atoms with Gasteiger partial charge in [-0.2, -0.15) is 0 Å². The van der Waals surface area contributed by atoms with Crippen LogP contribution in [0.15, 0.2) is 205 Å². The predicted octanol–water partition coefficient (Wildman–Crippen LogP) is 14.6. The summed E-state index contributed by atoms with van der Waals surface area (Å²) in [6, 6.07) is 60.3. The van der Waals surface area contributed by atoms with E-state index in [1.165, 1.54) is 0 Å². The molecule has 9 aromatic rings. The van der Waals surface area contributed by atoms with E-state index in [9.17, 15) is 5.11 Å². The number of hydrogen-bond donors (Lipinski definition) is 1. The molecule has 278 valence electrons. The van der Waals surface area contributed by atoms with Gasteiger partial charge >= 0.3 is 0 Å². The van der Waals surface area contributed by atoms with Gasteiger partial charge in [-0.05, 0) is 107 Å². The molecule has 0 unspecified atom stereocenters. The van der Waals surface area contributed by atoms with Gasteiger partial charge < -0.3 is 9.52 Å². The SMILES string of the molecule is C=C/C(=C\C(=C(/C)O)c1ccccc1C)c1cc(-c2ccc3oc4ccccc4c3c2)cc(-c2cc(-c3ccc(-c4ccccc4)cc3)nc(-c3ccccc3)n2)c1. The van der Waals surface area contributed by atoms with E-state index >= 15 is 0 Å². The molecule has 0 bridgehead atoms. The Hall–Kier alpha value is -7.56. The fourth-order valence-corrected chi connectivity index (χ4v) is 7.61. The van der Waals surface area contributed by atoms with Crippen molar-refractivity contribution >= 4 is 33.1 Å². The van der Waals surface area contributed by atoms with Crippen LogP contribution in [0.25, 0.3) is 89.2 Å². The minimum Gasteiger partial charge on any atom is -0.512 e. The Bertz CT molecular complexity index is 3020. The zero-order valence-electron chi connectivity index (χ0n) is 32.4. The lowest BCUT2D eigenvalue weighted by molar-refractivity contribution is 0.417. The zero-order chi connectivity index (χ0) is 39.6. The van der Waals surface area contributed by atoms with E-state index in [2.05, 4.69) is 111 Å². The molecule has 0 spiro atoms.